The molecule has 0 spiro atoms. The number of benzene rings is 1. The third-order valence-electron chi connectivity index (χ3n) is 5.19. The van der Waals surface area contributed by atoms with Gasteiger partial charge in [0, 0.05) is 25.7 Å². The molecule has 1 atom stereocenters. The van der Waals surface area contributed by atoms with Crippen molar-refractivity contribution in [1.29, 1.82) is 0 Å². The van der Waals surface area contributed by atoms with E-state index in [2.05, 4.69) is 15.6 Å². The Morgan fingerprint density at radius 1 is 1.24 bits per heavy atom. The van der Waals surface area contributed by atoms with E-state index in [0.717, 1.165) is 24.8 Å². The van der Waals surface area contributed by atoms with Gasteiger partial charge in [-0.05, 0) is 43.9 Å². The second-order valence-electron chi connectivity index (χ2n) is 7.55. The second kappa shape index (κ2) is 9.44. The Morgan fingerprint density at radius 2 is 2.00 bits per heavy atom. The minimum absolute atomic E-state index is 0.112. The molecule has 0 aliphatic carbocycles. The van der Waals surface area contributed by atoms with Crippen LogP contribution in [0.2, 0.25) is 0 Å². The minimum Gasteiger partial charge on any atom is -0.357 e. The highest BCUT2D eigenvalue weighted by atomic mass is 32.2. The topological polar surface area (TPSA) is 108 Å². The molecule has 1 aromatic carbocycles. The number of nitrogens with zero attached hydrogens (tertiary/aromatic N) is 2. The third-order valence-corrected chi connectivity index (χ3v) is 8.85. The molecule has 1 aromatic rings. The van der Waals surface area contributed by atoms with Crippen LogP contribution in [0.4, 0.5) is 0 Å². The van der Waals surface area contributed by atoms with Crippen LogP contribution in [0.5, 0.6) is 0 Å². The number of hydrogen-bond acceptors (Lipinski definition) is 5. The van der Waals surface area contributed by atoms with E-state index in [-0.39, 0.29) is 17.5 Å². The zero-order chi connectivity index (χ0) is 20.9. The van der Waals surface area contributed by atoms with Crippen LogP contribution in [0, 0.1) is 0 Å². The van der Waals surface area contributed by atoms with Gasteiger partial charge in [0.05, 0.1) is 22.9 Å². The van der Waals surface area contributed by atoms with E-state index < -0.39 is 19.9 Å². The van der Waals surface area contributed by atoms with Gasteiger partial charge < -0.3 is 10.6 Å². The number of sulfone groups is 1. The molecule has 3 rings (SSSR count). The Balaban J connectivity index is 1.70. The lowest BCUT2D eigenvalue weighted by Crippen LogP contribution is -2.44. The molecule has 0 aromatic heterocycles. The quantitative estimate of drug-likeness (QED) is 0.505. The lowest BCUT2D eigenvalue weighted by Gasteiger charge is -2.26. The van der Waals surface area contributed by atoms with Crippen molar-refractivity contribution in [2.75, 3.05) is 31.1 Å². The summed E-state index contributed by atoms with van der Waals surface area (Å²) in [6, 6.07) is 6.75. The van der Waals surface area contributed by atoms with Gasteiger partial charge in [-0.1, -0.05) is 18.6 Å². The second-order valence-corrected chi connectivity index (χ2v) is 11.7. The third kappa shape index (κ3) is 5.93. The summed E-state index contributed by atoms with van der Waals surface area (Å²) in [4.78, 5) is 4.82. The lowest BCUT2D eigenvalue weighted by molar-refractivity contribution is 0.346. The fourth-order valence-corrected chi connectivity index (χ4v) is 6.91. The summed E-state index contributed by atoms with van der Waals surface area (Å²) in [5, 5.41) is 6.29. The van der Waals surface area contributed by atoms with Crippen molar-refractivity contribution in [2.24, 2.45) is 4.99 Å². The molecule has 2 aliphatic rings. The molecule has 0 saturated carbocycles. The summed E-state index contributed by atoms with van der Waals surface area (Å²) < 4.78 is 50.6. The summed E-state index contributed by atoms with van der Waals surface area (Å²) in [6.45, 7) is 4.04. The normalized spacial score (nSPS) is 23.1. The summed E-state index contributed by atoms with van der Waals surface area (Å²) in [7, 11) is -6.45. The summed E-state index contributed by atoms with van der Waals surface area (Å²) in [5.41, 5.74) is 0.791. The molecule has 0 bridgehead atoms. The van der Waals surface area contributed by atoms with Crippen molar-refractivity contribution in [3.05, 3.63) is 29.8 Å². The number of aliphatic imine (C=N–C) groups is 1. The first-order chi connectivity index (χ1) is 13.8. The molecule has 0 amide bonds. The molecule has 2 heterocycles. The molecule has 1 unspecified atom stereocenters. The van der Waals surface area contributed by atoms with Crippen LogP contribution in [0.15, 0.2) is 34.2 Å². The first kappa shape index (κ1) is 22.0. The van der Waals surface area contributed by atoms with E-state index in [0.29, 0.717) is 43.5 Å². The van der Waals surface area contributed by atoms with E-state index in [9.17, 15) is 16.8 Å². The first-order valence-electron chi connectivity index (χ1n) is 10.1. The van der Waals surface area contributed by atoms with Crippen molar-refractivity contribution in [3.63, 3.8) is 0 Å². The van der Waals surface area contributed by atoms with Crippen molar-refractivity contribution < 1.29 is 16.8 Å². The standard InChI is InChI=1S/C19H30N4O4S2/c1-2-20-19(22-17-9-12-28(24,25)15-17)21-14-16-7-6-8-18(13-16)29(26,27)23-10-4-3-5-11-23/h6-8,13,17H,2-5,9-12,14-15H2,1H3,(H2,20,21,22). The number of sulfonamides is 1. The van der Waals surface area contributed by atoms with Crippen molar-refractivity contribution in [1.82, 2.24) is 14.9 Å². The van der Waals surface area contributed by atoms with Crippen LogP contribution in [-0.4, -0.2) is 64.3 Å². The Kier molecular flexibility index (Phi) is 7.18. The van der Waals surface area contributed by atoms with Gasteiger partial charge in [0.25, 0.3) is 0 Å². The SMILES string of the molecule is CCNC(=NCc1cccc(S(=O)(=O)N2CCCCC2)c1)NC1CCS(=O)(=O)C1. The van der Waals surface area contributed by atoms with E-state index in [4.69, 9.17) is 0 Å². The van der Waals surface area contributed by atoms with E-state index in [1.807, 2.05) is 13.0 Å². The van der Waals surface area contributed by atoms with E-state index in [1.165, 1.54) is 0 Å². The Hall–Kier alpha value is -1.65. The van der Waals surface area contributed by atoms with Crippen molar-refractivity contribution in [2.45, 2.75) is 50.1 Å². The first-order valence-corrected chi connectivity index (χ1v) is 13.4. The molecule has 10 heteroatoms. The minimum atomic E-state index is -3.48. The maximum Gasteiger partial charge on any atom is 0.243 e. The average molecular weight is 443 g/mol. The van der Waals surface area contributed by atoms with Gasteiger partial charge in [0.1, 0.15) is 0 Å². The fourth-order valence-electron chi connectivity index (χ4n) is 3.65. The van der Waals surface area contributed by atoms with Crippen LogP contribution in [0.3, 0.4) is 0 Å². The van der Waals surface area contributed by atoms with Gasteiger partial charge in [-0.15, -0.1) is 0 Å². The van der Waals surface area contributed by atoms with Gasteiger partial charge >= 0.3 is 0 Å². The summed E-state index contributed by atoms with van der Waals surface area (Å²) in [5.74, 6) is 0.848. The number of hydrogen-bond donors (Lipinski definition) is 2. The zero-order valence-corrected chi connectivity index (χ0v) is 18.4. The van der Waals surface area contributed by atoms with Gasteiger partial charge in [0.2, 0.25) is 10.0 Å². The van der Waals surface area contributed by atoms with Crippen LogP contribution in [0.1, 0.15) is 38.2 Å². The summed E-state index contributed by atoms with van der Waals surface area (Å²) >= 11 is 0. The van der Waals surface area contributed by atoms with Crippen molar-refractivity contribution >= 4 is 25.8 Å². The largest absolute Gasteiger partial charge is 0.357 e. The maximum atomic E-state index is 12.9. The summed E-state index contributed by atoms with van der Waals surface area (Å²) in [6.07, 6.45) is 3.44. The molecular formula is C19H30N4O4S2. The Morgan fingerprint density at radius 3 is 2.66 bits per heavy atom. The maximum absolute atomic E-state index is 12.9. The highest BCUT2D eigenvalue weighted by Crippen LogP contribution is 2.21. The number of piperidine rings is 1. The molecule has 2 fully saturated rings. The van der Waals surface area contributed by atoms with Gasteiger partial charge in [-0.2, -0.15) is 4.31 Å². The fraction of sp³-hybridized carbons (Fsp3) is 0.632. The monoisotopic (exact) mass is 442 g/mol. The predicted molar refractivity (Wildman–Crippen MR) is 114 cm³/mol. The van der Waals surface area contributed by atoms with Crippen molar-refractivity contribution in [3.8, 4) is 0 Å². The molecule has 2 aliphatic heterocycles. The van der Waals surface area contributed by atoms with E-state index in [1.54, 1.807) is 22.5 Å². The molecule has 2 saturated heterocycles. The average Bonchev–Trinajstić information content (AvgIpc) is 3.05. The van der Waals surface area contributed by atoms with Crippen LogP contribution in [0.25, 0.3) is 0 Å². The predicted octanol–water partition coefficient (Wildman–Crippen LogP) is 1.10. The van der Waals surface area contributed by atoms with E-state index >= 15 is 0 Å². The Bertz CT molecular complexity index is 939. The van der Waals surface area contributed by atoms with Gasteiger partial charge in [-0.3, -0.25) is 0 Å². The molecule has 8 nitrogen and oxygen atoms in total. The Labute approximate surface area is 173 Å². The molecular weight excluding hydrogens is 412 g/mol. The zero-order valence-electron chi connectivity index (χ0n) is 16.8. The highest BCUT2D eigenvalue weighted by Gasteiger charge is 2.28. The molecule has 0 radical (unpaired) electrons. The number of guanidine groups is 1. The number of rotatable bonds is 6. The van der Waals surface area contributed by atoms with Crippen LogP contribution < -0.4 is 10.6 Å². The number of nitrogens with one attached hydrogen (secondary N) is 2. The van der Waals surface area contributed by atoms with Crippen LogP contribution in [-0.2, 0) is 26.4 Å². The molecule has 29 heavy (non-hydrogen) atoms. The molecule has 162 valence electrons. The highest BCUT2D eigenvalue weighted by molar-refractivity contribution is 7.91. The lowest BCUT2D eigenvalue weighted by atomic mass is 10.2. The smallest absolute Gasteiger partial charge is 0.243 e. The van der Waals surface area contributed by atoms with Gasteiger partial charge in [-0.25, -0.2) is 21.8 Å². The van der Waals surface area contributed by atoms with Gasteiger partial charge in [0.15, 0.2) is 15.8 Å². The molecule has 2 N–H and O–H groups in total. The van der Waals surface area contributed by atoms with Crippen LogP contribution >= 0.6 is 0 Å².